The number of cyclic esters (lactones) is 1. The van der Waals surface area contributed by atoms with E-state index in [9.17, 15) is 4.79 Å². The summed E-state index contributed by atoms with van der Waals surface area (Å²) in [6.45, 7) is 4.96. The minimum Gasteiger partial charge on any atom is -0.461 e. The first-order chi connectivity index (χ1) is 9.19. The highest BCUT2D eigenvalue weighted by Gasteiger charge is 2.35. The molecule has 0 bridgehead atoms. The van der Waals surface area contributed by atoms with Crippen LogP contribution in [-0.2, 0) is 22.5 Å². The van der Waals surface area contributed by atoms with Crippen LogP contribution in [0.2, 0.25) is 0 Å². The summed E-state index contributed by atoms with van der Waals surface area (Å²) in [6.07, 6.45) is 6.07. The predicted octanol–water partition coefficient (Wildman–Crippen LogP) is 1.57. The van der Waals surface area contributed by atoms with E-state index in [0.717, 1.165) is 32.2 Å². The van der Waals surface area contributed by atoms with Crippen molar-refractivity contribution in [2.24, 2.45) is 0 Å². The van der Waals surface area contributed by atoms with E-state index in [0.29, 0.717) is 0 Å². The summed E-state index contributed by atoms with van der Waals surface area (Å²) in [4.78, 5) is 11.7. The molecule has 1 N–H and O–H groups in total. The van der Waals surface area contributed by atoms with Gasteiger partial charge in [0.25, 0.3) is 0 Å². The monoisotopic (exact) mass is 263 g/mol. The van der Waals surface area contributed by atoms with Crippen molar-refractivity contribution in [3.8, 4) is 0 Å². The Kier molecular flexibility index (Phi) is 3.31. The Morgan fingerprint density at radius 1 is 1.53 bits per heavy atom. The number of esters is 1. The summed E-state index contributed by atoms with van der Waals surface area (Å²) in [5, 5.41) is 7.90. The number of ether oxygens (including phenoxy) is 1. The summed E-state index contributed by atoms with van der Waals surface area (Å²) in [5.41, 5.74) is 2.59. The van der Waals surface area contributed by atoms with Crippen LogP contribution >= 0.6 is 0 Å². The van der Waals surface area contributed by atoms with Crippen LogP contribution in [0.4, 0.5) is 0 Å². The van der Waals surface area contributed by atoms with Gasteiger partial charge in [-0.3, -0.25) is 14.8 Å². The number of fused-ring (bicyclic) bond motifs is 1. The van der Waals surface area contributed by atoms with E-state index in [1.54, 1.807) is 0 Å². The first-order valence-corrected chi connectivity index (χ1v) is 7.20. The molecule has 2 aliphatic rings. The average molecular weight is 263 g/mol. The van der Waals surface area contributed by atoms with Gasteiger partial charge in [-0.2, -0.15) is 5.10 Å². The molecule has 104 valence electrons. The van der Waals surface area contributed by atoms with E-state index in [4.69, 9.17) is 4.74 Å². The van der Waals surface area contributed by atoms with Crippen molar-refractivity contribution in [3.05, 3.63) is 17.5 Å². The van der Waals surface area contributed by atoms with Crippen molar-refractivity contribution >= 4 is 5.97 Å². The van der Waals surface area contributed by atoms with E-state index in [1.807, 2.05) is 13.1 Å². The maximum absolute atomic E-state index is 11.7. The fraction of sp³-hybridized carbons (Fsp3) is 0.714. The maximum atomic E-state index is 11.7. The van der Waals surface area contributed by atoms with E-state index in [2.05, 4.69) is 22.0 Å². The lowest BCUT2D eigenvalue weighted by atomic mass is 9.92. The molecular weight excluding hydrogens is 242 g/mol. The van der Waals surface area contributed by atoms with E-state index in [-0.39, 0.29) is 24.2 Å². The number of rotatable bonds is 3. The summed E-state index contributed by atoms with van der Waals surface area (Å²) >= 11 is 0. The van der Waals surface area contributed by atoms with Crippen LogP contribution in [0.15, 0.2) is 6.20 Å². The number of hydrogen-bond acceptors (Lipinski definition) is 4. The summed E-state index contributed by atoms with van der Waals surface area (Å²) in [6, 6.07) is 0.0860. The molecule has 19 heavy (non-hydrogen) atoms. The molecule has 3 atom stereocenters. The molecule has 3 rings (SSSR count). The molecule has 1 aromatic rings. The van der Waals surface area contributed by atoms with Crippen LogP contribution in [0.1, 0.15) is 50.4 Å². The molecule has 1 aliphatic carbocycles. The topological polar surface area (TPSA) is 56.1 Å². The van der Waals surface area contributed by atoms with Gasteiger partial charge in [0, 0.05) is 30.3 Å². The third-order valence-electron chi connectivity index (χ3n) is 4.13. The molecule has 0 unspecified atom stereocenters. The molecule has 2 heterocycles. The number of carbonyl (C=O) groups is 1. The first-order valence-electron chi connectivity index (χ1n) is 7.20. The zero-order chi connectivity index (χ0) is 13.4. The Bertz CT molecular complexity index is 483. The lowest BCUT2D eigenvalue weighted by molar-refractivity contribution is -0.142. The van der Waals surface area contributed by atoms with Gasteiger partial charge < -0.3 is 4.74 Å². The van der Waals surface area contributed by atoms with Crippen LogP contribution in [0.25, 0.3) is 0 Å². The molecule has 0 radical (unpaired) electrons. The molecule has 0 spiro atoms. The molecule has 0 amide bonds. The third-order valence-corrected chi connectivity index (χ3v) is 4.13. The number of carbonyl (C=O) groups excluding carboxylic acids is 1. The fourth-order valence-corrected chi connectivity index (χ4v) is 3.20. The second-order valence-corrected chi connectivity index (χ2v) is 5.51. The van der Waals surface area contributed by atoms with Crippen molar-refractivity contribution < 1.29 is 9.53 Å². The van der Waals surface area contributed by atoms with Gasteiger partial charge in [0.2, 0.25) is 0 Å². The summed E-state index contributed by atoms with van der Waals surface area (Å²) < 4.78 is 7.28. The molecule has 1 aliphatic heterocycles. The van der Waals surface area contributed by atoms with Gasteiger partial charge in [0.1, 0.15) is 12.1 Å². The molecule has 5 nitrogen and oxygen atoms in total. The molecule has 1 saturated heterocycles. The zero-order valence-corrected chi connectivity index (χ0v) is 11.6. The van der Waals surface area contributed by atoms with Gasteiger partial charge in [-0.25, -0.2) is 0 Å². The minimum atomic E-state index is -0.157. The third kappa shape index (κ3) is 2.27. The molecule has 0 saturated carbocycles. The highest BCUT2D eigenvalue weighted by molar-refractivity contribution is 5.78. The van der Waals surface area contributed by atoms with Gasteiger partial charge in [0.15, 0.2) is 0 Å². The predicted molar refractivity (Wildman–Crippen MR) is 70.7 cm³/mol. The Balaban J connectivity index is 1.77. The molecule has 0 aromatic carbocycles. The zero-order valence-electron chi connectivity index (χ0n) is 11.6. The highest BCUT2D eigenvalue weighted by Crippen LogP contribution is 2.31. The quantitative estimate of drug-likeness (QED) is 0.841. The molecular formula is C14H21N3O2. The van der Waals surface area contributed by atoms with Crippen LogP contribution in [0.3, 0.4) is 0 Å². The Hall–Kier alpha value is -1.36. The second kappa shape index (κ2) is 4.96. The van der Waals surface area contributed by atoms with E-state index < -0.39 is 0 Å². The minimum absolute atomic E-state index is 0.0337. The number of hydrogen-bond donors (Lipinski definition) is 1. The van der Waals surface area contributed by atoms with Gasteiger partial charge in [-0.05, 0) is 33.1 Å². The van der Waals surface area contributed by atoms with Gasteiger partial charge >= 0.3 is 5.97 Å². The number of nitrogens with one attached hydrogen (secondary N) is 1. The van der Waals surface area contributed by atoms with Crippen molar-refractivity contribution in [2.75, 3.05) is 0 Å². The first kappa shape index (κ1) is 12.7. The van der Waals surface area contributed by atoms with Crippen LogP contribution < -0.4 is 5.32 Å². The van der Waals surface area contributed by atoms with Crippen LogP contribution in [0, 0.1) is 0 Å². The number of nitrogens with zero attached hydrogens (tertiary/aromatic N) is 2. The lowest BCUT2D eigenvalue weighted by Crippen LogP contribution is -2.37. The van der Waals surface area contributed by atoms with Crippen molar-refractivity contribution in [3.63, 3.8) is 0 Å². The second-order valence-electron chi connectivity index (χ2n) is 5.51. The number of aryl methyl sites for hydroxylation is 1. The van der Waals surface area contributed by atoms with Gasteiger partial charge in [0.05, 0.1) is 6.20 Å². The van der Waals surface area contributed by atoms with E-state index in [1.165, 1.54) is 11.3 Å². The van der Waals surface area contributed by atoms with E-state index >= 15 is 0 Å². The lowest BCUT2D eigenvalue weighted by Gasteiger charge is -2.25. The van der Waals surface area contributed by atoms with Crippen LogP contribution in [0.5, 0.6) is 0 Å². The molecule has 1 aromatic heterocycles. The number of aromatic nitrogens is 2. The van der Waals surface area contributed by atoms with Crippen molar-refractivity contribution in [2.45, 2.75) is 64.3 Å². The van der Waals surface area contributed by atoms with Gasteiger partial charge in [-0.1, -0.05) is 0 Å². The fourth-order valence-electron chi connectivity index (χ4n) is 3.20. The van der Waals surface area contributed by atoms with Crippen LogP contribution in [-0.4, -0.2) is 27.9 Å². The molecule has 5 heteroatoms. The SMILES string of the molecule is CCn1ncc2c1CCC[C@@H]2N[C@H]1C[C@@H](C)OC1=O. The smallest absolute Gasteiger partial charge is 0.323 e. The normalized spacial score (nSPS) is 30.2. The standard InChI is InChI=1S/C14H21N3O2/c1-3-17-13-6-4-5-11(10(13)8-15-17)16-12-7-9(2)19-14(12)18/h8-9,11-12,16H,3-7H2,1-2H3/t9-,11+,12+/m1/s1. The Morgan fingerprint density at radius 3 is 3.05 bits per heavy atom. The Labute approximate surface area is 113 Å². The Morgan fingerprint density at radius 2 is 2.37 bits per heavy atom. The van der Waals surface area contributed by atoms with Gasteiger partial charge in [-0.15, -0.1) is 0 Å². The molecule has 1 fully saturated rings. The summed E-state index contributed by atoms with van der Waals surface area (Å²) in [7, 11) is 0. The largest absolute Gasteiger partial charge is 0.461 e. The maximum Gasteiger partial charge on any atom is 0.323 e. The highest BCUT2D eigenvalue weighted by atomic mass is 16.6. The average Bonchev–Trinajstić information content (AvgIpc) is 2.94. The van der Waals surface area contributed by atoms with Crippen molar-refractivity contribution in [1.82, 2.24) is 15.1 Å². The van der Waals surface area contributed by atoms with Crippen molar-refractivity contribution in [1.29, 1.82) is 0 Å². The summed E-state index contributed by atoms with van der Waals surface area (Å²) in [5.74, 6) is -0.109.